The molecule has 0 radical (unpaired) electrons. The van der Waals surface area contributed by atoms with Crippen LogP contribution in [0, 0.1) is 0 Å². The molecule has 1 aliphatic rings. The van der Waals surface area contributed by atoms with Crippen LogP contribution in [-0.4, -0.2) is 62.5 Å². The molecule has 8 nitrogen and oxygen atoms in total. The maximum atomic E-state index is 13.2. The molecule has 0 bridgehead atoms. The molecule has 0 N–H and O–H groups in total. The number of nitrogens with zero attached hydrogens (tertiary/aromatic N) is 2. The predicted molar refractivity (Wildman–Crippen MR) is 136 cm³/mol. The Labute approximate surface area is 211 Å². The van der Waals surface area contributed by atoms with Crippen molar-refractivity contribution in [2.45, 2.75) is 6.92 Å². The van der Waals surface area contributed by atoms with E-state index in [2.05, 4.69) is 25.7 Å². The standard InChI is InChI=1S/C24H25BrN2O6S/c1-4-32-19-13-16(12-18(25)22(19)33-15-21(28)31-3)14-20-23(29)27(10-11-30-2)24(34-20)26-17-8-6-5-7-9-17/h5-9,12-14H,4,10-11,15H2,1-3H3/b20-14+,26-24?. The van der Waals surface area contributed by atoms with Crippen LogP contribution in [0.2, 0.25) is 0 Å². The summed E-state index contributed by atoms with van der Waals surface area (Å²) in [6.45, 7) is 2.77. The lowest BCUT2D eigenvalue weighted by Crippen LogP contribution is -2.32. The van der Waals surface area contributed by atoms with Gasteiger partial charge in [-0.3, -0.25) is 9.69 Å². The molecule has 1 saturated heterocycles. The Morgan fingerprint density at radius 3 is 2.62 bits per heavy atom. The second-order valence-electron chi connectivity index (χ2n) is 6.92. The lowest BCUT2D eigenvalue weighted by Gasteiger charge is -2.15. The Bertz CT molecular complexity index is 1090. The van der Waals surface area contributed by atoms with E-state index < -0.39 is 5.97 Å². The Balaban J connectivity index is 1.93. The summed E-state index contributed by atoms with van der Waals surface area (Å²) in [4.78, 5) is 31.4. The fourth-order valence-electron chi connectivity index (χ4n) is 3.00. The predicted octanol–water partition coefficient (Wildman–Crippen LogP) is 4.65. The maximum Gasteiger partial charge on any atom is 0.343 e. The van der Waals surface area contributed by atoms with Crippen LogP contribution in [0.3, 0.4) is 0 Å². The van der Waals surface area contributed by atoms with Crippen LogP contribution in [0.25, 0.3) is 6.08 Å². The average molecular weight is 549 g/mol. The molecule has 0 atom stereocenters. The summed E-state index contributed by atoms with van der Waals surface area (Å²) < 4.78 is 21.7. The van der Waals surface area contributed by atoms with Crippen LogP contribution in [0.4, 0.5) is 5.69 Å². The van der Waals surface area contributed by atoms with Crippen molar-refractivity contribution in [3.63, 3.8) is 0 Å². The molecule has 1 amide bonds. The molecule has 1 aliphatic heterocycles. The van der Waals surface area contributed by atoms with Crippen molar-refractivity contribution in [1.29, 1.82) is 0 Å². The van der Waals surface area contributed by atoms with Crippen LogP contribution in [0.1, 0.15) is 12.5 Å². The van der Waals surface area contributed by atoms with E-state index in [1.165, 1.54) is 18.9 Å². The van der Waals surface area contributed by atoms with Crippen molar-refractivity contribution < 1.29 is 28.5 Å². The normalized spacial score (nSPS) is 15.8. The minimum absolute atomic E-state index is 0.156. The summed E-state index contributed by atoms with van der Waals surface area (Å²) in [7, 11) is 2.89. The number of benzene rings is 2. The van der Waals surface area contributed by atoms with Crippen molar-refractivity contribution in [1.82, 2.24) is 4.90 Å². The van der Waals surface area contributed by atoms with Gasteiger partial charge in [-0.25, -0.2) is 9.79 Å². The number of rotatable bonds is 10. The van der Waals surface area contributed by atoms with E-state index in [0.29, 0.717) is 45.8 Å². The molecular formula is C24H25BrN2O6S. The topological polar surface area (TPSA) is 86.7 Å². The second kappa shape index (κ2) is 12.6. The van der Waals surface area contributed by atoms with Gasteiger partial charge in [-0.2, -0.15) is 0 Å². The van der Waals surface area contributed by atoms with Crippen LogP contribution < -0.4 is 9.47 Å². The average Bonchev–Trinajstić information content (AvgIpc) is 3.11. The smallest absolute Gasteiger partial charge is 0.343 e. The van der Waals surface area contributed by atoms with Crippen LogP contribution in [0.15, 0.2) is 56.8 Å². The minimum atomic E-state index is -0.505. The molecule has 0 unspecified atom stereocenters. The van der Waals surface area contributed by atoms with Gasteiger partial charge >= 0.3 is 5.97 Å². The number of carbonyl (C=O) groups excluding carboxylic acids is 2. The third-order valence-electron chi connectivity index (χ3n) is 4.58. The van der Waals surface area contributed by atoms with Gasteiger partial charge in [0.05, 0.1) is 41.9 Å². The van der Waals surface area contributed by atoms with Gasteiger partial charge in [0.2, 0.25) is 0 Å². The first-order valence-corrected chi connectivity index (χ1v) is 12.1. The number of halogens is 1. The Morgan fingerprint density at radius 2 is 1.94 bits per heavy atom. The van der Waals surface area contributed by atoms with Crippen LogP contribution in [0.5, 0.6) is 11.5 Å². The fraction of sp³-hybridized carbons (Fsp3) is 0.292. The minimum Gasteiger partial charge on any atom is -0.490 e. The molecule has 3 rings (SSSR count). The number of thioether (sulfide) groups is 1. The number of amidine groups is 1. The molecule has 1 fully saturated rings. The summed E-state index contributed by atoms with van der Waals surface area (Å²) in [6.07, 6.45) is 1.78. The van der Waals surface area contributed by atoms with Gasteiger partial charge in [0, 0.05) is 7.11 Å². The summed E-state index contributed by atoms with van der Waals surface area (Å²) in [5, 5.41) is 0.585. The lowest BCUT2D eigenvalue weighted by molar-refractivity contribution is -0.143. The summed E-state index contributed by atoms with van der Waals surface area (Å²) >= 11 is 4.77. The summed E-state index contributed by atoms with van der Waals surface area (Å²) in [6, 6.07) is 13.0. The van der Waals surface area contributed by atoms with Crippen molar-refractivity contribution >= 4 is 56.5 Å². The maximum absolute atomic E-state index is 13.2. The number of para-hydroxylation sites is 1. The van der Waals surface area contributed by atoms with Gasteiger partial charge < -0.3 is 18.9 Å². The Kier molecular flexibility index (Phi) is 9.55. The van der Waals surface area contributed by atoms with E-state index >= 15 is 0 Å². The highest BCUT2D eigenvalue weighted by Crippen LogP contribution is 2.39. The highest BCUT2D eigenvalue weighted by molar-refractivity contribution is 9.10. The first-order chi connectivity index (χ1) is 16.5. The molecule has 0 aromatic heterocycles. The molecule has 34 heavy (non-hydrogen) atoms. The number of hydrogen-bond donors (Lipinski definition) is 0. The summed E-state index contributed by atoms with van der Waals surface area (Å²) in [5.74, 6) is 0.164. The molecule has 180 valence electrons. The number of carbonyl (C=O) groups is 2. The van der Waals surface area contributed by atoms with Gasteiger partial charge in [0.25, 0.3) is 5.91 Å². The Hall–Kier alpha value is -2.82. The van der Waals surface area contributed by atoms with Crippen LogP contribution in [-0.2, 0) is 19.1 Å². The fourth-order valence-corrected chi connectivity index (χ4v) is 4.60. The van der Waals surface area contributed by atoms with Gasteiger partial charge in [-0.05, 0) is 70.5 Å². The Morgan fingerprint density at radius 1 is 1.18 bits per heavy atom. The summed E-state index contributed by atoms with van der Waals surface area (Å²) in [5.41, 5.74) is 1.49. The van der Waals surface area contributed by atoms with Crippen molar-refractivity contribution in [2.24, 2.45) is 4.99 Å². The van der Waals surface area contributed by atoms with E-state index in [0.717, 1.165) is 11.3 Å². The zero-order valence-electron chi connectivity index (χ0n) is 19.1. The van der Waals surface area contributed by atoms with E-state index in [9.17, 15) is 9.59 Å². The quantitative estimate of drug-likeness (QED) is 0.315. The highest BCUT2D eigenvalue weighted by atomic mass is 79.9. The second-order valence-corrected chi connectivity index (χ2v) is 8.78. The van der Waals surface area contributed by atoms with Gasteiger partial charge in [0.15, 0.2) is 23.3 Å². The molecular weight excluding hydrogens is 524 g/mol. The first kappa shape index (κ1) is 25.8. The number of esters is 1. The number of hydrogen-bond acceptors (Lipinski definition) is 8. The van der Waals surface area contributed by atoms with Crippen LogP contribution >= 0.6 is 27.7 Å². The molecule has 0 saturated carbocycles. The monoisotopic (exact) mass is 548 g/mol. The van der Waals surface area contributed by atoms with Gasteiger partial charge in [0.1, 0.15) is 0 Å². The van der Waals surface area contributed by atoms with E-state index in [1.54, 1.807) is 30.2 Å². The third-order valence-corrected chi connectivity index (χ3v) is 6.18. The molecule has 0 spiro atoms. The van der Waals surface area contributed by atoms with Gasteiger partial charge in [-0.1, -0.05) is 18.2 Å². The van der Waals surface area contributed by atoms with Crippen molar-refractivity contribution in [3.8, 4) is 11.5 Å². The largest absolute Gasteiger partial charge is 0.490 e. The third kappa shape index (κ3) is 6.62. The molecule has 2 aromatic carbocycles. The number of ether oxygens (including phenoxy) is 4. The highest BCUT2D eigenvalue weighted by Gasteiger charge is 2.33. The zero-order chi connectivity index (χ0) is 24.5. The van der Waals surface area contributed by atoms with Crippen molar-refractivity contribution in [2.75, 3.05) is 40.6 Å². The lowest BCUT2D eigenvalue weighted by atomic mass is 10.2. The van der Waals surface area contributed by atoms with E-state index in [1.807, 2.05) is 37.3 Å². The number of aliphatic imine (C=N–C) groups is 1. The zero-order valence-corrected chi connectivity index (χ0v) is 21.5. The molecule has 10 heteroatoms. The number of amides is 1. The number of methoxy groups -OCH3 is 2. The molecule has 2 aromatic rings. The molecule has 0 aliphatic carbocycles. The SMILES string of the molecule is CCOc1cc(/C=C2/SC(=Nc3ccccc3)N(CCOC)C2=O)cc(Br)c1OCC(=O)OC. The van der Waals surface area contributed by atoms with Gasteiger partial charge in [-0.15, -0.1) is 0 Å². The van der Waals surface area contributed by atoms with E-state index in [-0.39, 0.29) is 12.5 Å². The molecule has 1 heterocycles. The van der Waals surface area contributed by atoms with Crippen molar-refractivity contribution in [3.05, 3.63) is 57.4 Å². The van der Waals surface area contributed by atoms with E-state index in [4.69, 9.17) is 14.2 Å². The first-order valence-electron chi connectivity index (χ1n) is 10.5.